The molecule has 1 fully saturated rings. The van der Waals surface area contributed by atoms with Gasteiger partial charge in [0.1, 0.15) is 17.0 Å². The van der Waals surface area contributed by atoms with Crippen molar-refractivity contribution < 1.29 is 23.8 Å². The van der Waals surface area contributed by atoms with Gasteiger partial charge in [-0.25, -0.2) is 14.8 Å². The number of carbonyl (C=O) groups excluding carboxylic acids is 2. The Morgan fingerprint density at radius 3 is 2.61 bits per heavy atom. The zero-order valence-corrected chi connectivity index (χ0v) is 22.1. The molecule has 5 N–H and O–H groups in total. The quantitative estimate of drug-likeness (QED) is 0.320. The number of carbonyl (C=O) groups is 2. The van der Waals surface area contributed by atoms with Gasteiger partial charge in [-0.3, -0.25) is 4.79 Å². The third-order valence-corrected chi connectivity index (χ3v) is 5.76. The molecular weight excluding hydrogens is 488 g/mol. The number of allylic oxidation sites excluding steroid dienone is 2. The van der Waals surface area contributed by atoms with Crippen LogP contribution in [-0.2, 0) is 9.47 Å². The van der Waals surface area contributed by atoms with E-state index < -0.39 is 17.6 Å². The highest BCUT2D eigenvalue weighted by Crippen LogP contribution is 2.36. The fourth-order valence-electron chi connectivity index (χ4n) is 3.87. The summed E-state index contributed by atoms with van der Waals surface area (Å²) in [5.74, 6) is 0.861. The molecule has 0 saturated carbocycles. The number of hydrogen-bond acceptors (Lipinski definition) is 9. The molecule has 4 rings (SSSR count). The van der Waals surface area contributed by atoms with Gasteiger partial charge in [0.15, 0.2) is 17.3 Å². The largest absolute Gasteiger partial charge is 0.493 e. The summed E-state index contributed by atoms with van der Waals surface area (Å²) in [4.78, 5) is 33.3. The molecule has 2 heterocycles. The maximum atomic E-state index is 12.3. The minimum atomic E-state index is -0.662. The Kier molecular flexibility index (Phi) is 8.67. The van der Waals surface area contributed by atoms with Gasteiger partial charge in [0.05, 0.1) is 6.61 Å². The first-order valence-electron chi connectivity index (χ1n) is 12.9. The first-order valence-corrected chi connectivity index (χ1v) is 12.9. The van der Waals surface area contributed by atoms with E-state index in [1.54, 1.807) is 6.07 Å². The lowest BCUT2D eigenvalue weighted by Gasteiger charge is -2.25. The van der Waals surface area contributed by atoms with Crippen LogP contribution in [-0.4, -0.2) is 60.0 Å². The summed E-state index contributed by atoms with van der Waals surface area (Å²) in [6, 6.07) is 7.51. The van der Waals surface area contributed by atoms with Crippen molar-refractivity contribution in [3.05, 3.63) is 41.7 Å². The van der Waals surface area contributed by atoms with Gasteiger partial charge in [0, 0.05) is 37.6 Å². The maximum absolute atomic E-state index is 12.3. The van der Waals surface area contributed by atoms with Gasteiger partial charge < -0.3 is 35.9 Å². The Hall–Kier alpha value is -3.86. The lowest BCUT2D eigenvalue weighted by molar-refractivity contribution is 0.0525. The number of alkyl carbamates (subject to hydrolysis) is 1. The molecule has 0 atom stereocenters. The van der Waals surface area contributed by atoms with E-state index in [4.69, 9.17) is 24.9 Å². The third-order valence-electron chi connectivity index (χ3n) is 5.76. The van der Waals surface area contributed by atoms with E-state index in [1.165, 1.54) is 0 Å². The molecule has 1 saturated heterocycles. The highest BCUT2D eigenvalue weighted by atomic mass is 16.6. The van der Waals surface area contributed by atoms with Gasteiger partial charge in [0.25, 0.3) is 5.91 Å². The molecule has 1 aromatic carbocycles. The summed E-state index contributed by atoms with van der Waals surface area (Å²) in [5, 5.41) is 9.38. The Labute approximate surface area is 222 Å². The van der Waals surface area contributed by atoms with E-state index in [1.807, 2.05) is 45.0 Å². The summed E-state index contributed by atoms with van der Waals surface area (Å²) >= 11 is 0. The zero-order chi connectivity index (χ0) is 27.1. The number of aromatic nitrogens is 2. The number of nitrogens with one attached hydrogen (secondary N) is 3. The SMILES string of the molecule is CC(C)(C)OC(=O)NCCCOc1cccc(Nc2nc(NC3CCOCC3)c(C3=CC3)nc2C(N)=O)c1. The van der Waals surface area contributed by atoms with Crippen molar-refractivity contribution in [3.8, 4) is 5.75 Å². The number of nitrogens with two attached hydrogens (primary N) is 1. The second-order valence-corrected chi connectivity index (χ2v) is 10.2. The summed E-state index contributed by atoms with van der Waals surface area (Å²) in [6.07, 6.45) is 4.74. The van der Waals surface area contributed by atoms with E-state index >= 15 is 0 Å². The van der Waals surface area contributed by atoms with Gasteiger partial charge in [0.2, 0.25) is 0 Å². The van der Waals surface area contributed by atoms with E-state index in [2.05, 4.69) is 20.9 Å². The predicted molar refractivity (Wildman–Crippen MR) is 145 cm³/mol. The molecule has 2 amide bonds. The van der Waals surface area contributed by atoms with Crippen LogP contribution in [0.15, 0.2) is 30.3 Å². The molecule has 204 valence electrons. The van der Waals surface area contributed by atoms with Crippen molar-refractivity contribution in [2.45, 2.75) is 58.1 Å². The molecule has 1 aliphatic heterocycles. The van der Waals surface area contributed by atoms with Crippen molar-refractivity contribution >= 4 is 34.9 Å². The van der Waals surface area contributed by atoms with E-state index in [0.29, 0.717) is 55.7 Å². The molecule has 38 heavy (non-hydrogen) atoms. The number of anilines is 3. The van der Waals surface area contributed by atoms with Crippen molar-refractivity contribution in [3.63, 3.8) is 0 Å². The second kappa shape index (κ2) is 12.1. The smallest absolute Gasteiger partial charge is 0.407 e. The van der Waals surface area contributed by atoms with Crippen LogP contribution in [0.2, 0.25) is 0 Å². The number of ether oxygens (including phenoxy) is 3. The Balaban J connectivity index is 1.40. The van der Waals surface area contributed by atoms with Crippen LogP contribution in [0.1, 0.15) is 62.6 Å². The average Bonchev–Trinajstić information content (AvgIpc) is 3.69. The van der Waals surface area contributed by atoms with Crippen LogP contribution in [0.4, 0.5) is 22.1 Å². The standard InChI is InChI=1S/C27H36N6O5/c1-27(2,3)38-26(35)29-12-5-13-37-20-7-4-6-19(16-20)31-25-22(23(28)34)32-21(17-8-9-17)24(33-25)30-18-10-14-36-15-11-18/h4,6-8,16,18H,5,9-15H2,1-3H3,(H2,28,34)(H,29,35)(H2,30,31,33). The van der Waals surface area contributed by atoms with Crippen LogP contribution < -0.4 is 26.4 Å². The number of primary amides is 1. The van der Waals surface area contributed by atoms with E-state index in [9.17, 15) is 9.59 Å². The topological polar surface area (TPSA) is 150 Å². The Bertz CT molecular complexity index is 1190. The normalized spacial score (nSPS) is 15.3. The number of nitrogens with zero attached hydrogens (tertiary/aromatic N) is 2. The van der Waals surface area contributed by atoms with Crippen molar-refractivity contribution in [2.24, 2.45) is 5.73 Å². The summed E-state index contributed by atoms with van der Waals surface area (Å²) in [6.45, 7) is 7.66. The van der Waals surface area contributed by atoms with Crippen LogP contribution >= 0.6 is 0 Å². The fourth-order valence-corrected chi connectivity index (χ4v) is 3.87. The molecule has 1 aliphatic carbocycles. The maximum Gasteiger partial charge on any atom is 0.407 e. The third kappa shape index (κ3) is 8.07. The molecular formula is C27H36N6O5. The van der Waals surface area contributed by atoms with Gasteiger partial charge >= 0.3 is 6.09 Å². The number of amides is 2. The molecule has 0 radical (unpaired) electrons. The second-order valence-electron chi connectivity index (χ2n) is 10.2. The van der Waals surface area contributed by atoms with Crippen LogP contribution in [0, 0.1) is 0 Å². The Morgan fingerprint density at radius 1 is 1.16 bits per heavy atom. The highest BCUT2D eigenvalue weighted by Gasteiger charge is 2.25. The van der Waals surface area contributed by atoms with Gasteiger partial charge in [-0.15, -0.1) is 0 Å². The van der Waals surface area contributed by atoms with Crippen LogP contribution in [0.25, 0.3) is 5.57 Å². The molecule has 1 aromatic heterocycles. The lowest BCUT2D eigenvalue weighted by Crippen LogP contribution is -2.33. The van der Waals surface area contributed by atoms with Gasteiger partial charge in [-0.2, -0.15) is 0 Å². The minimum absolute atomic E-state index is 0.0740. The minimum Gasteiger partial charge on any atom is -0.493 e. The summed E-state index contributed by atoms with van der Waals surface area (Å²) in [7, 11) is 0. The van der Waals surface area contributed by atoms with E-state index in [0.717, 1.165) is 24.8 Å². The molecule has 2 aromatic rings. The van der Waals surface area contributed by atoms with Gasteiger partial charge in [-0.1, -0.05) is 12.1 Å². The zero-order valence-electron chi connectivity index (χ0n) is 22.1. The predicted octanol–water partition coefficient (Wildman–Crippen LogP) is 3.99. The number of hydrogen-bond donors (Lipinski definition) is 4. The van der Waals surface area contributed by atoms with Crippen LogP contribution in [0.5, 0.6) is 5.75 Å². The van der Waals surface area contributed by atoms with Crippen molar-refractivity contribution in [1.29, 1.82) is 0 Å². The summed E-state index contributed by atoms with van der Waals surface area (Å²) in [5.41, 5.74) is 7.57. The number of rotatable bonds is 11. The van der Waals surface area contributed by atoms with Crippen molar-refractivity contribution in [2.75, 3.05) is 37.0 Å². The molecule has 2 aliphatic rings. The van der Waals surface area contributed by atoms with E-state index in [-0.39, 0.29) is 17.6 Å². The number of benzene rings is 1. The fraction of sp³-hybridized carbons (Fsp3) is 0.481. The molecule has 0 unspecified atom stereocenters. The highest BCUT2D eigenvalue weighted by molar-refractivity contribution is 5.97. The van der Waals surface area contributed by atoms with Gasteiger partial charge in [-0.05, 0) is 64.2 Å². The Morgan fingerprint density at radius 2 is 1.92 bits per heavy atom. The molecule has 11 heteroatoms. The first-order chi connectivity index (χ1) is 18.2. The first kappa shape index (κ1) is 27.2. The molecule has 0 bridgehead atoms. The van der Waals surface area contributed by atoms with Crippen molar-refractivity contribution in [1.82, 2.24) is 15.3 Å². The molecule has 11 nitrogen and oxygen atoms in total. The summed E-state index contributed by atoms with van der Waals surface area (Å²) < 4.78 is 16.5. The monoisotopic (exact) mass is 524 g/mol. The molecule has 0 spiro atoms. The average molecular weight is 525 g/mol. The van der Waals surface area contributed by atoms with Crippen LogP contribution in [0.3, 0.4) is 0 Å². The lowest BCUT2D eigenvalue weighted by atomic mass is 10.1.